The van der Waals surface area contributed by atoms with Crippen molar-refractivity contribution in [1.82, 2.24) is 15.0 Å². The number of hydrogen-bond acceptors (Lipinski definition) is 5. The molecule has 0 saturated heterocycles. The zero-order chi connectivity index (χ0) is 16.3. The first-order valence-electron chi connectivity index (χ1n) is 6.77. The molecule has 0 aliphatic heterocycles. The Bertz CT molecular complexity index is 722. The molecule has 0 spiro atoms. The number of carboxylic acids is 1. The van der Waals surface area contributed by atoms with Crippen LogP contribution in [0.5, 0.6) is 5.75 Å². The van der Waals surface area contributed by atoms with Crippen molar-refractivity contribution in [2.24, 2.45) is 0 Å². The van der Waals surface area contributed by atoms with E-state index in [9.17, 15) is 9.90 Å². The largest absolute Gasteiger partial charge is 0.492 e. The normalized spacial score (nSPS) is 10.5. The van der Waals surface area contributed by atoms with Crippen molar-refractivity contribution < 1.29 is 14.6 Å². The molecule has 0 aliphatic rings. The van der Waals surface area contributed by atoms with E-state index in [1.807, 2.05) is 13.8 Å². The zero-order valence-corrected chi connectivity index (χ0v) is 12.5. The second-order valence-electron chi connectivity index (χ2n) is 4.89. The lowest BCUT2D eigenvalue weighted by Crippen LogP contribution is -2.06. The molecule has 0 radical (unpaired) electrons. The zero-order valence-electron chi connectivity index (χ0n) is 12.5. The standard InChI is InChI=1S/C15H18N4O3/c1-4-22-12-6-5-10(7-11(12)16)14-13(15(20)21)17-18-19(14)8-9(2)3/h5-7H,2,4,8,16H2,1,3H3,(H,20,21). The summed E-state index contributed by atoms with van der Waals surface area (Å²) in [6.45, 7) is 8.39. The topological polar surface area (TPSA) is 103 Å². The van der Waals surface area contributed by atoms with Crippen LogP contribution in [0.3, 0.4) is 0 Å². The van der Waals surface area contributed by atoms with Gasteiger partial charge in [-0.15, -0.1) is 5.10 Å². The molecule has 0 fully saturated rings. The van der Waals surface area contributed by atoms with E-state index in [1.165, 1.54) is 4.68 Å². The summed E-state index contributed by atoms with van der Waals surface area (Å²) in [6, 6.07) is 5.10. The van der Waals surface area contributed by atoms with Crippen LogP contribution in [0.1, 0.15) is 24.3 Å². The molecule has 116 valence electrons. The molecular weight excluding hydrogens is 284 g/mol. The molecule has 0 aliphatic carbocycles. The molecule has 3 N–H and O–H groups in total. The summed E-state index contributed by atoms with van der Waals surface area (Å²) in [5.74, 6) is -0.586. The van der Waals surface area contributed by atoms with Crippen molar-refractivity contribution in [3.63, 3.8) is 0 Å². The Labute approximate surface area is 128 Å². The number of allylic oxidation sites excluding steroid dienone is 1. The van der Waals surface area contributed by atoms with Gasteiger partial charge in [-0.05, 0) is 32.0 Å². The number of ether oxygens (including phenoxy) is 1. The Hall–Kier alpha value is -2.83. The van der Waals surface area contributed by atoms with Crippen molar-refractivity contribution in [1.29, 1.82) is 0 Å². The fraction of sp³-hybridized carbons (Fsp3) is 0.267. The van der Waals surface area contributed by atoms with E-state index in [1.54, 1.807) is 18.2 Å². The molecule has 0 unspecified atom stereocenters. The Balaban J connectivity index is 2.54. The number of nitrogens with two attached hydrogens (primary N) is 1. The van der Waals surface area contributed by atoms with Crippen molar-refractivity contribution in [3.05, 3.63) is 36.0 Å². The van der Waals surface area contributed by atoms with Gasteiger partial charge in [-0.25, -0.2) is 9.48 Å². The first-order valence-corrected chi connectivity index (χ1v) is 6.77. The van der Waals surface area contributed by atoms with Crippen LogP contribution in [0.4, 0.5) is 5.69 Å². The molecule has 7 nitrogen and oxygen atoms in total. The van der Waals surface area contributed by atoms with E-state index >= 15 is 0 Å². The van der Waals surface area contributed by atoms with Crippen LogP contribution in [0.2, 0.25) is 0 Å². The lowest BCUT2D eigenvalue weighted by molar-refractivity contribution is 0.0691. The molecule has 1 aromatic carbocycles. The summed E-state index contributed by atoms with van der Waals surface area (Å²) in [5, 5.41) is 16.9. The number of carbonyl (C=O) groups is 1. The van der Waals surface area contributed by atoms with Gasteiger partial charge in [0.05, 0.1) is 18.8 Å². The van der Waals surface area contributed by atoms with Gasteiger partial charge in [0.25, 0.3) is 0 Å². The third-order valence-electron chi connectivity index (χ3n) is 2.94. The molecule has 22 heavy (non-hydrogen) atoms. The molecule has 2 rings (SSSR count). The van der Waals surface area contributed by atoms with E-state index in [0.717, 1.165) is 5.57 Å². The van der Waals surface area contributed by atoms with Gasteiger partial charge in [0.2, 0.25) is 0 Å². The predicted molar refractivity (Wildman–Crippen MR) is 82.8 cm³/mol. The average Bonchev–Trinajstić information content (AvgIpc) is 2.84. The maximum Gasteiger partial charge on any atom is 0.358 e. The number of nitrogen functional groups attached to an aromatic ring is 1. The van der Waals surface area contributed by atoms with Crippen molar-refractivity contribution >= 4 is 11.7 Å². The Morgan fingerprint density at radius 3 is 2.77 bits per heavy atom. The number of anilines is 1. The van der Waals surface area contributed by atoms with Gasteiger partial charge in [0, 0.05) is 5.56 Å². The van der Waals surface area contributed by atoms with Gasteiger partial charge in [-0.3, -0.25) is 0 Å². The van der Waals surface area contributed by atoms with Gasteiger partial charge in [-0.1, -0.05) is 17.4 Å². The van der Waals surface area contributed by atoms with E-state index in [-0.39, 0.29) is 5.69 Å². The van der Waals surface area contributed by atoms with Crippen LogP contribution < -0.4 is 10.5 Å². The minimum Gasteiger partial charge on any atom is -0.492 e. The fourth-order valence-electron chi connectivity index (χ4n) is 2.09. The number of aromatic nitrogens is 3. The molecule has 1 aromatic heterocycles. The minimum atomic E-state index is -1.14. The Morgan fingerprint density at radius 1 is 1.50 bits per heavy atom. The number of rotatable bonds is 6. The molecule has 0 amide bonds. The highest BCUT2D eigenvalue weighted by atomic mass is 16.5. The average molecular weight is 302 g/mol. The molecule has 0 saturated carbocycles. The highest BCUT2D eigenvalue weighted by molar-refractivity contribution is 5.93. The summed E-state index contributed by atoms with van der Waals surface area (Å²) in [4.78, 5) is 11.4. The maximum absolute atomic E-state index is 11.4. The molecule has 7 heteroatoms. The smallest absolute Gasteiger partial charge is 0.358 e. The molecule has 1 heterocycles. The Kier molecular flexibility index (Phi) is 4.45. The SMILES string of the molecule is C=C(C)Cn1nnc(C(=O)O)c1-c1ccc(OCC)c(N)c1. The number of aromatic carboxylic acids is 1. The summed E-state index contributed by atoms with van der Waals surface area (Å²) >= 11 is 0. The van der Waals surface area contributed by atoms with Gasteiger partial charge < -0.3 is 15.6 Å². The Morgan fingerprint density at radius 2 is 2.23 bits per heavy atom. The number of benzene rings is 1. The van der Waals surface area contributed by atoms with E-state index in [4.69, 9.17) is 10.5 Å². The quantitative estimate of drug-likeness (QED) is 0.626. The van der Waals surface area contributed by atoms with Crippen LogP contribution in [0.25, 0.3) is 11.3 Å². The number of nitrogens with zero attached hydrogens (tertiary/aromatic N) is 3. The highest BCUT2D eigenvalue weighted by Crippen LogP contribution is 2.30. The fourth-order valence-corrected chi connectivity index (χ4v) is 2.09. The second kappa shape index (κ2) is 6.30. The lowest BCUT2D eigenvalue weighted by Gasteiger charge is -2.11. The lowest BCUT2D eigenvalue weighted by atomic mass is 10.1. The monoisotopic (exact) mass is 302 g/mol. The van der Waals surface area contributed by atoms with Gasteiger partial charge in [-0.2, -0.15) is 0 Å². The molecular formula is C15H18N4O3. The van der Waals surface area contributed by atoms with Crippen LogP contribution in [0, 0.1) is 0 Å². The third-order valence-corrected chi connectivity index (χ3v) is 2.94. The van der Waals surface area contributed by atoms with E-state index in [2.05, 4.69) is 16.9 Å². The van der Waals surface area contributed by atoms with E-state index in [0.29, 0.717) is 35.8 Å². The van der Waals surface area contributed by atoms with Crippen LogP contribution >= 0.6 is 0 Å². The van der Waals surface area contributed by atoms with E-state index < -0.39 is 5.97 Å². The summed E-state index contributed by atoms with van der Waals surface area (Å²) in [5.41, 5.74) is 8.10. The molecule has 2 aromatic rings. The minimum absolute atomic E-state index is 0.121. The van der Waals surface area contributed by atoms with Crippen molar-refractivity contribution in [2.45, 2.75) is 20.4 Å². The number of hydrogen-bond donors (Lipinski definition) is 2. The molecule has 0 atom stereocenters. The van der Waals surface area contributed by atoms with Crippen molar-refractivity contribution in [2.75, 3.05) is 12.3 Å². The first-order chi connectivity index (χ1) is 10.4. The maximum atomic E-state index is 11.4. The summed E-state index contributed by atoms with van der Waals surface area (Å²) in [6.07, 6.45) is 0. The first kappa shape index (κ1) is 15.6. The highest BCUT2D eigenvalue weighted by Gasteiger charge is 2.21. The van der Waals surface area contributed by atoms with Crippen LogP contribution in [-0.2, 0) is 6.54 Å². The predicted octanol–water partition coefficient (Wildman–Crippen LogP) is 2.20. The van der Waals surface area contributed by atoms with Crippen molar-refractivity contribution in [3.8, 4) is 17.0 Å². The van der Waals surface area contributed by atoms with Gasteiger partial charge >= 0.3 is 5.97 Å². The third kappa shape index (κ3) is 3.08. The van der Waals surface area contributed by atoms with Crippen LogP contribution in [0.15, 0.2) is 30.4 Å². The van der Waals surface area contributed by atoms with Crippen LogP contribution in [-0.4, -0.2) is 32.7 Å². The van der Waals surface area contributed by atoms with Gasteiger partial charge in [0.15, 0.2) is 5.69 Å². The van der Waals surface area contributed by atoms with Gasteiger partial charge in [0.1, 0.15) is 11.4 Å². The summed E-state index contributed by atoms with van der Waals surface area (Å²) < 4.78 is 6.89. The summed E-state index contributed by atoms with van der Waals surface area (Å²) in [7, 11) is 0. The number of carboxylic acid groups (broad SMARTS) is 1. The molecule has 0 bridgehead atoms. The second-order valence-corrected chi connectivity index (χ2v) is 4.89.